The Morgan fingerprint density at radius 3 is 2.47 bits per heavy atom. The van der Waals surface area contributed by atoms with Gasteiger partial charge in [0, 0.05) is 12.3 Å². The summed E-state index contributed by atoms with van der Waals surface area (Å²) in [5.74, 6) is 6.80. The molecule has 0 radical (unpaired) electrons. The molecule has 0 fully saturated rings. The first kappa shape index (κ1) is 16.0. The molecule has 0 bridgehead atoms. The maximum Gasteiger partial charge on any atom is 0.185 e. The quantitative estimate of drug-likeness (QED) is 0.484. The van der Waals surface area contributed by atoms with Gasteiger partial charge in [-0.3, -0.25) is 0 Å². The predicted octanol–water partition coefficient (Wildman–Crippen LogP) is 3.73. The van der Waals surface area contributed by atoms with Gasteiger partial charge >= 0.3 is 0 Å². The summed E-state index contributed by atoms with van der Waals surface area (Å²) < 4.78 is 11.3. The highest BCUT2D eigenvalue weighted by Gasteiger charge is 2.25. The van der Waals surface area contributed by atoms with Crippen LogP contribution in [0.15, 0.2) is 12.3 Å². The molecule has 0 atom stereocenters. The summed E-state index contributed by atoms with van der Waals surface area (Å²) in [7, 11) is -0.0483. The number of ether oxygens (including phenoxy) is 1. The van der Waals surface area contributed by atoms with E-state index in [0.29, 0.717) is 16.5 Å². The predicted molar refractivity (Wildman–Crippen MR) is 81.2 cm³/mol. The van der Waals surface area contributed by atoms with Crippen molar-refractivity contribution >= 4 is 19.9 Å². The Balaban J connectivity index is 3.00. The number of pyridine rings is 1. The van der Waals surface area contributed by atoms with Gasteiger partial charge in [0.15, 0.2) is 8.32 Å². The molecule has 0 saturated carbocycles. The van der Waals surface area contributed by atoms with E-state index in [4.69, 9.17) is 20.8 Å². The number of aromatic nitrogens is 1. The lowest BCUT2D eigenvalue weighted by Gasteiger charge is -2.28. The van der Waals surface area contributed by atoms with Gasteiger partial charge in [-0.25, -0.2) is 4.98 Å². The molecule has 1 aromatic heterocycles. The van der Waals surface area contributed by atoms with E-state index in [0.717, 1.165) is 0 Å². The molecule has 104 valence electrons. The summed E-state index contributed by atoms with van der Waals surface area (Å²) in [6.45, 7) is 10.4. The van der Waals surface area contributed by atoms with Gasteiger partial charge in [0.1, 0.15) is 16.5 Å². The summed E-state index contributed by atoms with van der Waals surface area (Å²) in [5, 5.41) is 0.389. The first-order valence-corrected chi connectivity index (χ1v) is 9.84. The van der Waals surface area contributed by atoms with Crippen molar-refractivity contribution in [2.75, 3.05) is 7.11 Å². The van der Waals surface area contributed by atoms with Crippen LogP contribution in [0.4, 0.5) is 0 Å². The number of halogens is 1. The van der Waals surface area contributed by atoms with E-state index < -0.39 is 13.9 Å². The maximum absolute atomic E-state index is 6.02. The third-order valence-corrected chi connectivity index (χ3v) is 3.44. The monoisotopic (exact) mass is 297 g/mol. The average molecular weight is 298 g/mol. The second-order valence-corrected chi connectivity index (χ2v) is 10.5. The fourth-order valence-corrected chi connectivity index (χ4v) is 3.41. The Hall–Kier alpha value is -1.02. The Morgan fingerprint density at radius 1 is 1.32 bits per heavy atom. The Labute approximate surface area is 121 Å². The zero-order valence-electron chi connectivity index (χ0n) is 12.3. The van der Waals surface area contributed by atoms with Gasteiger partial charge in [-0.05, 0) is 33.5 Å². The molecule has 0 aliphatic heterocycles. The molecule has 0 saturated heterocycles. The van der Waals surface area contributed by atoms with Crippen molar-refractivity contribution in [1.82, 2.24) is 4.98 Å². The van der Waals surface area contributed by atoms with Crippen LogP contribution in [-0.4, -0.2) is 26.0 Å². The molecule has 0 aliphatic rings. The highest BCUT2D eigenvalue weighted by molar-refractivity contribution is 6.69. The summed E-state index contributed by atoms with van der Waals surface area (Å²) in [6, 6.07) is 1.65. The second kappa shape index (κ2) is 5.95. The minimum Gasteiger partial charge on any atom is -0.495 e. The molecule has 1 aromatic rings. The maximum atomic E-state index is 6.02. The number of rotatable bonds is 3. The van der Waals surface area contributed by atoms with E-state index in [1.54, 1.807) is 19.4 Å². The lowest BCUT2D eigenvalue weighted by molar-refractivity contribution is 0.164. The van der Waals surface area contributed by atoms with Crippen LogP contribution in [0.5, 0.6) is 5.75 Å². The van der Waals surface area contributed by atoms with Crippen LogP contribution >= 0.6 is 11.6 Å². The SMILES string of the molecule is COc1cc(Cl)ncc1C#CC(C)(C)O[Si](C)(C)C. The van der Waals surface area contributed by atoms with Gasteiger partial charge in [0.25, 0.3) is 0 Å². The van der Waals surface area contributed by atoms with Crippen molar-refractivity contribution in [2.45, 2.75) is 39.1 Å². The van der Waals surface area contributed by atoms with E-state index in [1.165, 1.54) is 0 Å². The molecule has 1 rings (SSSR count). The zero-order valence-corrected chi connectivity index (χ0v) is 14.1. The van der Waals surface area contributed by atoms with Crippen molar-refractivity contribution in [3.8, 4) is 17.6 Å². The molecule has 5 heteroatoms. The van der Waals surface area contributed by atoms with Gasteiger partial charge in [-0.1, -0.05) is 23.4 Å². The zero-order chi connectivity index (χ0) is 14.7. The smallest absolute Gasteiger partial charge is 0.185 e. The fraction of sp³-hybridized carbons (Fsp3) is 0.500. The first-order valence-electron chi connectivity index (χ1n) is 6.06. The van der Waals surface area contributed by atoms with Gasteiger partial charge in [-0.15, -0.1) is 0 Å². The summed E-state index contributed by atoms with van der Waals surface area (Å²) in [6.07, 6.45) is 1.61. The normalized spacial score (nSPS) is 11.7. The molecular formula is C14H20ClNO2Si. The highest BCUT2D eigenvalue weighted by Crippen LogP contribution is 2.21. The molecule has 0 amide bonds. The van der Waals surface area contributed by atoms with Crippen LogP contribution < -0.4 is 4.74 Å². The third kappa shape index (κ3) is 5.64. The van der Waals surface area contributed by atoms with Crippen molar-refractivity contribution < 1.29 is 9.16 Å². The van der Waals surface area contributed by atoms with Crippen LogP contribution in [-0.2, 0) is 4.43 Å². The molecular weight excluding hydrogens is 278 g/mol. The van der Waals surface area contributed by atoms with E-state index in [-0.39, 0.29) is 0 Å². The van der Waals surface area contributed by atoms with Crippen molar-refractivity contribution in [3.63, 3.8) is 0 Å². The molecule has 19 heavy (non-hydrogen) atoms. The average Bonchev–Trinajstić information content (AvgIpc) is 2.24. The van der Waals surface area contributed by atoms with Gasteiger partial charge < -0.3 is 9.16 Å². The number of hydrogen-bond donors (Lipinski definition) is 0. The van der Waals surface area contributed by atoms with Crippen LogP contribution in [0.2, 0.25) is 24.8 Å². The van der Waals surface area contributed by atoms with Crippen LogP contribution in [0.1, 0.15) is 19.4 Å². The number of methoxy groups -OCH3 is 1. The lowest BCUT2D eigenvalue weighted by atomic mass is 10.1. The van der Waals surface area contributed by atoms with Gasteiger partial charge in [-0.2, -0.15) is 0 Å². The fourth-order valence-electron chi connectivity index (χ4n) is 1.68. The standard InChI is InChI=1S/C14H20ClNO2Si/c1-14(2,18-19(4,5)6)8-7-11-10-16-13(15)9-12(11)17-3/h9-10H,1-6H3. The number of nitrogens with zero attached hydrogens (tertiary/aromatic N) is 1. The first-order chi connectivity index (χ1) is 8.63. The molecule has 0 aliphatic carbocycles. The topological polar surface area (TPSA) is 31.4 Å². The molecule has 1 heterocycles. The van der Waals surface area contributed by atoms with Gasteiger partial charge in [0.2, 0.25) is 0 Å². The van der Waals surface area contributed by atoms with Crippen LogP contribution in [0.25, 0.3) is 0 Å². The van der Waals surface area contributed by atoms with E-state index >= 15 is 0 Å². The van der Waals surface area contributed by atoms with Crippen LogP contribution in [0.3, 0.4) is 0 Å². The summed E-state index contributed by atoms with van der Waals surface area (Å²) >= 11 is 5.81. The van der Waals surface area contributed by atoms with Crippen LogP contribution in [0, 0.1) is 11.8 Å². The molecule has 0 N–H and O–H groups in total. The lowest BCUT2D eigenvalue weighted by Crippen LogP contribution is -2.37. The highest BCUT2D eigenvalue weighted by atomic mass is 35.5. The third-order valence-electron chi connectivity index (χ3n) is 2.11. The Bertz CT molecular complexity index is 512. The summed E-state index contributed by atoms with van der Waals surface area (Å²) in [4.78, 5) is 4.01. The Kier molecular flexibility index (Phi) is 5.02. The van der Waals surface area contributed by atoms with Crippen molar-refractivity contribution in [3.05, 3.63) is 23.0 Å². The largest absolute Gasteiger partial charge is 0.495 e. The minimum absolute atomic E-state index is 0.389. The van der Waals surface area contributed by atoms with Crippen molar-refractivity contribution in [1.29, 1.82) is 0 Å². The van der Waals surface area contributed by atoms with Crippen molar-refractivity contribution in [2.24, 2.45) is 0 Å². The van der Waals surface area contributed by atoms with E-state index in [2.05, 4.69) is 36.5 Å². The minimum atomic E-state index is -1.63. The molecule has 3 nitrogen and oxygen atoms in total. The second-order valence-electron chi connectivity index (χ2n) is 5.68. The molecule has 0 spiro atoms. The van der Waals surface area contributed by atoms with Gasteiger partial charge in [0.05, 0.1) is 12.7 Å². The molecule has 0 unspecified atom stereocenters. The van der Waals surface area contributed by atoms with E-state index in [9.17, 15) is 0 Å². The molecule has 0 aromatic carbocycles. The summed E-state index contributed by atoms with van der Waals surface area (Å²) in [5.41, 5.74) is 0.217. The number of hydrogen-bond acceptors (Lipinski definition) is 3. The Morgan fingerprint density at radius 2 is 1.95 bits per heavy atom. The van der Waals surface area contributed by atoms with E-state index in [1.807, 2.05) is 13.8 Å².